The van der Waals surface area contributed by atoms with Crippen molar-refractivity contribution in [2.75, 3.05) is 0 Å². The molecule has 29 heavy (non-hydrogen) atoms. The van der Waals surface area contributed by atoms with E-state index in [-0.39, 0.29) is 30.5 Å². The summed E-state index contributed by atoms with van der Waals surface area (Å²) in [6.07, 6.45) is 9.73. The molecule has 1 atom stereocenters. The fraction of sp³-hybridized carbons (Fsp3) is 0.625. The molecule has 2 aliphatic carbocycles. The summed E-state index contributed by atoms with van der Waals surface area (Å²) in [7, 11) is 0. The molecule has 3 rings (SSSR count). The summed E-state index contributed by atoms with van der Waals surface area (Å²) in [5.74, 6) is 0.255. The first kappa shape index (κ1) is 21.5. The Bertz CT molecular complexity index is 733. The molecular formula is C24H32O5. The van der Waals surface area contributed by atoms with Crippen LogP contribution in [-0.4, -0.2) is 23.6 Å². The molecule has 0 aromatic heterocycles. The molecule has 0 heterocycles. The lowest BCUT2D eigenvalue weighted by atomic mass is 9.70. The highest BCUT2D eigenvalue weighted by Gasteiger charge is 2.48. The average molecular weight is 401 g/mol. The van der Waals surface area contributed by atoms with Crippen LogP contribution in [0.5, 0.6) is 11.5 Å². The molecule has 0 spiro atoms. The minimum absolute atomic E-state index is 0.0207. The van der Waals surface area contributed by atoms with Crippen molar-refractivity contribution in [3.63, 3.8) is 0 Å². The first-order valence-corrected chi connectivity index (χ1v) is 11.0. The van der Waals surface area contributed by atoms with Crippen LogP contribution < -0.4 is 9.47 Å². The number of Topliss-reactive ketones (excluding diaryl/α,β-unsaturated/α-hetero) is 2. The zero-order valence-corrected chi connectivity index (χ0v) is 17.4. The molecule has 5 nitrogen and oxygen atoms in total. The minimum Gasteiger partial charge on any atom is -0.487 e. The first-order valence-electron chi connectivity index (χ1n) is 11.0. The van der Waals surface area contributed by atoms with Crippen LogP contribution in [0, 0.1) is 5.41 Å². The third-order valence-corrected chi connectivity index (χ3v) is 6.23. The Labute approximate surface area is 173 Å². The van der Waals surface area contributed by atoms with Crippen LogP contribution in [0.25, 0.3) is 0 Å². The Balaban J connectivity index is 1.77. The van der Waals surface area contributed by atoms with E-state index in [9.17, 15) is 14.4 Å². The predicted octanol–water partition coefficient (Wildman–Crippen LogP) is 5.19. The van der Waals surface area contributed by atoms with Crippen LogP contribution in [0.15, 0.2) is 24.3 Å². The smallest absolute Gasteiger partial charge is 0.325 e. The van der Waals surface area contributed by atoms with Gasteiger partial charge in [-0.1, -0.05) is 31.4 Å². The number of ketones is 2. The van der Waals surface area contributed by atoms with Crippen molar-refractivity contribution in [3.8, 4) is 11.5 Å². The number of ether oxygens (including phenoxy) is 2. The lowest BCUT2D eigenvalue weighted by Gasteiger charge is -2.33. The summed E-state index contributed by atoms with van der Waals surface area (Å²) in [5, 5.41) is 0. The maximum absolute atomic E-state index is 13.2. The third-order valence-electron chi connectivity index (χ3n) is 6.23. The van der Waals surface area contributed by atoms with Gasteiger partial charge in [0, 0.05) is 12.8 Å². The number of esters is 1. The maximum atomic E-state index is 13.2. The normalized spacial score (nSPS) is 23.3. The fourth-order valence-electron chi connectivity index (χ4n) is 4.43. The molecule has 2 aliphatic rings. The topological polar surface area (TPSA) is 69.7 Å². The molecule has 1 aromatic rings. The van der Waals surface area contributed by atoms with Crippen molar-refractivity contribution >= 4 is 17.5 Å². The van der Waals surface area contributed by atoms with E-state index in [1.54, 1.807) is 12.1 Å². The molecule has 1 unspecified atom stereocenters. The number of carbonyl (C=O) groups excluding carboxylic acids is 3. The van der Waals surface area contributed by atoms with Crippen LogP contribution >= 0.6 is 0 Å². The second-order valence-electron chi connectivity index (χ2n) is 8.48. The van der Waals surface area contributed by atoms with Crippen molar-refractivity contribution in [3.05, 3.63) is 24.3 Å². The summed E-state index contributed by atoms with van der Waals surface area (Å²) in [4.78, 5) is 37.5. The largest absolute Gasteiger partial charge is 0.487 e. The van der Waals surface area contributed by atoms with E-state index in [0.29, 0.717) is 24.3 Å². The minimum atomic E-state index is -1.21. The Morgan fingerprint density at radius 1 is 1.00 bits per heavy atom. The van der Waals surface area contributed by atoms with Crippen molar-refractivity contribution in [2.24, 2.45) is 5.41 Å². The number of hydrogen-bond donors (Lipinski definition) is 0. The molecule has 158 valence electrons. The van der Waals surface area contributed by atoms with Crippen LogP contribution in [0.1, 0.15) is 84.0 Å². The van der Waals surface area contributed by atoms with Gasteiger partial charge in [-0.15, -0.1) is 0 Å². The van der Waals surface area contributed by atoms with Crippen LogP contribution in [0.4, 0.5) is 0 Å². The highest BCUT2D eigenvalue weighted by molar-refractivity contribution is 6.05. The van der Waals surface area contributed by atoms with Gasteiger partial charge in [0.1, 0.15) is 17.0 Å². The zero-order chi connectivity index (χ0) is 20.7. The lowest BCUT2D eigenvalue weighted by molar-refractivity contribution is -0.155. The van der Waals surface area contributed by atoms with E-state index in [4.69, 9.17) is 9.47 Å². The summed E-state index contributed by atoms with van der Waals surface area (Å²) in [5.41, 5.74) is -1.21. The van der Waals surface area contributed by atoms with Crippen LogP contribution in [0.3, 0.4) is 0 Å². The van der Waals surface area contributed by atoms with Crippen molar-refractivity contribution < 1.29 is 23.9 Å². The molecule has 0 bridgehead atoms. The third kappa shape index (κ3) is 5.46. The van der Waals surface area contributed by atoms with Gasteiger partial charge in [-0.05, 0) is 64.0 Å². The summed E-state index contributed by atoms with van der Waals surface area (Å²) >= 11 is 0. The van der Waals surface area contributed by atoms with E-state index < -0.39 is 11.4 Å². The number of rotatable bonds is 7. The second kappa shape index (κ2) is 10.0. The Morgan fingerprint density at radius 3 is 2.34 bits per heavy atom. The number of benzene rings is 1. The van der Waals surface area contributed by atoms with Gasteiger partial charge >= 0.3 is 5.97 Å². The summed E-state index contributed by atoms with van der Waals surface area (Å²) in [6, 6.07) is 7.20. The van der Waals surface area contributed by atoms with Crippen molar-refractivity contribution in [1.82, 2.24) is 0 Å². The van der Waals surface area contributed by atoms with Crippen LogP contribution in [-0.2, 0) is 14.4 Å². The molecule has 2 saturated carbocycles. The van der Waals surface area contributed by atoms with Gasteiger partial charge < -0.3 is 14.3 Å². The summed E-state index contributed by atoms with van der Waals surface area (Å²) in [6.45, 7) is 1.49. The van der Waals surface area contributed by atoms with Gasteiger partial charge in [0.25, 0.3) is 0 Å². The number of carbonyl (C=O) groups is 3. The van der Waals surface area contributed by atoms with E-state index in [1.807, 2.05) is 12.1 Å². The molecule has 5 heteroatoms. The zero-order valence-electron chi connectivity index (χ0n) is 17.4. The second-order valence-corrected chi connectivity index (χ2v) is 8.48. The van der Waals surface area contributed by atoms with E-state index in [0.717, 1.165) is 38.5 Å². The summed E-state index contributed by atoms with van der Waals surface area (Å²) < 4.78 is 12.0. The van der Waals surface area contributed by atoms with Gasteiger partial charge in [-0.3, -0.25) is 9.59 Å². The molecule has 2 fully saturated rings. The van der Waals surface area contributed by atoms with Crippen molar-refractivity contribution in [2.45, 2.75) is 90.1 Å². The molecule has 1 aromatic carbocycles. The van der Waals surface area contributed by atoms with Gasteiger partial charge in [0.2, 0.25) is 0 Å². The van der Waals surface area contributed by atoms with E-state index >= 15 is 0 Å². The fourth-order valence-corrected chi connectivity index (χ4v) is 4.43. The molecule has 0 aliphatic heterocycles. The first-order chi connectivity index (χ1) is 14.0. The predicted molar refractivity (Wildman–Crippen MR) is 110 cm³/mol. The Morgan fingerprint density at radius 2 is 1.69 bits per heavy atom. The van der Waals surface area contributed by atoms with Gasteiger partial charge in [0.05, 0.1) is 6.10 Å². The van der Waals surface area contributed by atoms with E-state index in [2.05, 4.69) is 0 Å². The Kier molecular flexibility index (Phi) is 7.45. The number of hydrogen-bond acceptors (Lipinski definition) is 5. The molecule has 0 N–H and O–H groups in total. The van der Waals surface area contributed by atoms with E-state index in [1.165, 1.54) is 19.8 Å². The maximum Gasteiger partial charge on any atom is 0.325 e. The quantitative estimate of drug-likeness (QED) is 0.273. The van der Waals surface area contributed by atoms with Gasteiger partial charge in [-0.25, -0.2) is 0 Å². The average Bonchev–Trinajstić information content (AvgIpc) is 2.97. The highest BCUT2D eigenvalue weighted by Crippen LogP contribution is 2.40. The molecule has 0 radical (unpaired) electrons. The lowest BCUT2D eigenvalue weighted by Crippen LogP contribution is -2.44. The standard InChI is InChI=1S/C24H32O5/c1-18(25)15-17-24(16-9-8-14-22(24)26)23(27)29-21-13-7-6-12-20(21)28-19-10-4-2-3-5-11-19/h6-7,12-13,19H,2-5,8-11,14-17H2,1H3. The number of para-hydroxylation sites is 2. The van der Waals surface area contributed by atoms with Crippen molar-refractivity contribution in [1.29, 1.82) is 0 Å². The monoisotopic (exact) mass is 400 g/mol. The van der Waals surface area contributed by atoms with Gasteiger partial charge in [0.15, 0.2) is 11.5 Å². The SMILES string of the molecule is CC(=O)CCC1(C(=O)Oc2ccccc2OC2CCCCCC2)CCCCC1=O. The molecular weight excluding hydrogens is 368 g/mol. The highest BCUT2D eigenvalue weighted by atomic mass is 16.6. The van der Waals surface area contributed by atoms with Crippen LogP contribution in [0.2, 0.25) is 0 Å². The van der Waals surface area contributed by atoms with Gasteiger partial charge in [-0.2, -0.15) is 0 Å². The Hall–Kier alpha value is -2.17. The molecule has 0 saturated heterocycles. The molecule has 0 amide bonds.